The number of hydrogen-bond acceptors (Lipinski definition) is 2. The van der Waals surface area contributed by atoms with Gasteiger partial charge in [-0.15, -0.1) is 0 Å². The molecule has 2 saturated carbocycles. The van der Waals surface area contributed by atoms with Gasteiger partial charge in [-0.05, 0) is 49.7 Å². The predicted octanol–water partition coefficient (Wildman–Crippen LogP) is 3.86. The maximum atomic E-state index is 12.4. The Balaban J connectivity index is 1.53. The molecule has 2 atom stereocenters. The number of halogens is 2. The SMILES string of the molecule is O=C(O)C1CCC(NC(=O)[C@H]2C[C@H]2c2cccc(Cl)c2Cl)CC1. The number of carboxylic acids is 1. The molecule has 23 heavy (non-hydrogen) atoms. The molecule has 4 nitrogen and oxygen atoms in total. The van der Waals surface area contributed by atoms with Gasteiger partial charge in [0.15, 0.2) is 0 Å². The monoisotopic (exact) mass is 355 g/mol. The summed E-state index contributed by atoms with van der Waals surface area (Å²) in [6.07, 6.45) is 3.52. The first-order chi connectivity index (χ1) is 11.0. The summed E-state index contributed by atoms with van der Waals surface area (Å²) in [4.78, 5) is 23.3. The second-order valence-corrected chi connectivity index (χ2v) is 7.27. The summed E-state index contributed by atoms with van der Waals surface area (Å²) in [5.74, 6) is -0.862. The second kappa shape index (κ2) is 6.70. The normalized spacial score (nSPS) is 29.8. The van der Waals surface area contributed by atoms with E-state index in [1.54, 1.807) is 6.07 Å². The Kier molecular flexibility index (Phi) is 4.83. The van der Waals surface area contributed by atoms with E-state index in [2.05, 4.69) is 5.32 Å². The van der Waals surface area contributed by atoms with Gasteiger partial charge in [-0.3, -0.25) is 9.59 Å². The highest BCUT2D eigenvalue weighted by atomic mass is 35.5. The van der Waals surface area contributed by atoms with E-state index in [-0.39, 0.29) is 29.7 Å². The molecule has 0 aromatic heterocycles. The highest BCUT2D eigenvalue weighted by Crippen LogP contribution is 2.50. The van der Waals surface area contributed by atoms with E-state index < -0.39 is 5.97 Å². The zero-order valence-electron chi connectivity index (χ0n) is 12.6. The van der Waals surface area contributed by atoms with Gasteiger partial charge in [0.05, 0.1) is 16.0 Å². The van der Waals surface area contributed by atoms with Crippen molar-refractivity contribution in [2.75, 3.05) is 0 Å². The van der Waals surface area contributed by atoms with E-state index in [0.29, 0.717) is 22.9 Å². The van der Waals surface area contributed by atoms with Gasteiger partial charge < -0.3 is 10.4 Å². The van der Waals surface area contributed by atoms with Crippen molar-refractivity contribution < 1.29 is 14.7 Å². The largest absolute Gasteiger partial charge is 0.481 e. The van der Waals surface area contributed by atoms with Crippen LogP contribution in [-0.2, 0) is 9.59 Å². The molecular weight excluding hydrogens is 337 g/mol. The maximum Gasteiger partial charge on any atom is 0.306 e. The van der Waals surface area contributed by atoms with Crippen LogP contribution in [0.25, 0.3) is 0 Å². The molecule has 1 amide bonds. The van der Waals surface area contributed by atoms with Crippen molar-refractivity contribution in [1.82, 2.24) is 5.32 Å². The number of aliphatic carboxylic acids is 1. The number of rotatable bonds is 4. The van der Waals surface area contributed by atoms with Gasteiger partial charge in [-0.1, -0.05) is 35.3 Å². The van der Waals surface area contributed by atoms with E-state index >= 15 is 0 Å². The van der Waals surface area contributed by atoms with E-state index in [9.17, 15) is 9.59 Å². The minimum atomic E-state index is -0.729. The average molecular weight is 356 g/mol. The third-order valence-corrected chi connectivity index (χ3v) is 5.76. The number of benzene rings is 1. The van der Waals surface area contributed by atoms with Crippen LogP contribution in [0.4, 0.5) is 0 Å². The molecule has 0 radical (unpaired) electrons. The third kappa shape index (κ3) is 3.64. The molecule has 2 aliphatic rings. The Morgan fingerprint density at radius 1 is 1.13 bits per heavy atom. The molecule has 124 valence electrons. The fourth-order valence-electron chi connectivity index (χ4n) is 3.43. The smallest absolute Gasteiger partial charge is 0.306 e. The number of hydrogen-bond donors (Lipinski definition) is 2. The number of carboxylic acid groups (broad SMARTS) is 1. The minimum absolute atomic E-state index is 0.0461. The first-order valence-electron chi connectivity index (χ1n) is 7.94. The van der Waals surface area contributed by atoms with Crippen LogP contribution in [-0.4, -0.2) is 23.0 Å². The molecule has 0 heterocycles. The lowest BCUT2D eigenvalue weighted by atomic mass is 9.86. The first-order valence-corrected chi connectivity index (χ1v) is 8.70. The molecule has 1 aromatic carbocycles. The van der Waals surface area contributed by atoms with E-state index in [1.807, 2.05) is 12.1 Å². The summed E-state index contributed by atoms with van der Waals surface area (Å²) in [5.41, 5.74) is 0.939. The van der Waals surface area contributed by atoms with Gasteiger partial charge in [-0.25, -0.2) is 0 Å². The molecule has 0 unspecified atom stereocenters. The molecule has 6 heteroatoms. The summed E-state index contributed by atoms with van der Waals surface area (Å²) in [5, 5.41) is 13.1. The Morgan fingerprint density at radius 3 is 2.48 bits per heavy atom. The molecular formula is C17H19Cl2NO3. The summed E-state index contributed by atoms with van der Waals surface area (Å²) >= 11 is 12.2. The van der Waals surface area contributed by atoms with Crippen molar-refractivity contribution in [3.05, 3.63) is 33.8 Å². The van der Waals surface area contributed by atoms with Crippen LogP contribution in [0, 0.1) is 11.8 Å². The van der Waals surface area contributed by atoms with Crippen molar-refractivity contribution in [3.8, 4) is 0 Å². The zero-order valence-corrected chi connectivity index (χ0v) is 14.1. The highest BCUT2D eigenvalue weighted by Gasteiger charge is 2.45. The topological polar surface area (TPSA) is 66.4 Å². The van der Waals surface area contributed by atoms with E-state index in [4.69, 9.17) is 28.3 Å². The highest BCUT2D eigenvalue weighted by molar-refractivity contribution is 6.42. The molecule has 0 bridgehead atoms. The summed E-state index contributed by atoms with van der Waals surface area (Å²) in [6, 6.07) is 5.61. The Hall–Kier alpha value is -1.26. The van der Waals surface area contributed by atoms with Crippen LogP contribution in [0.2, 0.25) is 10.0 Å². The Morgan fingerprint density at radius 2 is 1.83 bits per heavy atom. The molecule has 3 rings (SSSR count). The van der Waals surface area contributed by atoms with Crippen molar-refractivity contribution in [3.63, 3.8) is 0 Å². The van der Waals surface area contributed by atoms with Gasteiger partial charge in [0.1, 0.15) is 0 Å². The number of nitrogens with one attached hydrogen (secondary N) is 1. The summed E-state index contributed by atoms with van der Waals surface area (Å²) < 4.78 is 0. The van der Waals surface area contributed by atoms with Crippen molar-refractivity contribution >= 4 is 35.1 Å². The first kappa shape index (κ1) is 16.6. The zero-order chi connectivity index (χ0) is 16.6. The Bertz CT molecular complexity index is 626. The molecule has 2 fully saturated rings. The van der Waals surface area contributed by atoms with Gasteiger partial charge in [0.25, 0.3) is 0 Å². The second-order valence-electron chi connectivity index (χ2n) is 6.49. The lowest BCUT2D eigenvalue weighted by molar-refractivity contribution is -0.142. The van der Waals surface area contributed by atoms with Gasteiger partial charge in [0, 0.05) is 12.0 Å². The minimum Gasteiger partial charge on any atom is -0.481 e. The van der Waals surface area contributed by atoms with E-state index in [1.165, 1.54) is 0 Å². The predicted molar refractivity (Wildman–Crippen MR) is 88.8 cm³/mol. The summed E-state index contributed by atoms with van der Waals surface area (Å²) in [7, 11) is 0. The van der Waals surface area contributed by atoms with Crippen molar-refractivity contribution in [2.24, 2.45) is 11.8 Å². The molecule has 1 aromatic rings. The van der Waals surface area contributed by atoms with Crippen molar-refractivity contribution in [2.45, 2.75) is 44.1 Å². The summed E-state index contributed by atoms with van der Waals surface area (Å²) in [6.45, 7) is 0. The van der Waals surface area contributed by atoms with Crippen LogP contribution >= 0.6 is 23.2 Å². The van der Waals surface area contributed by atoms with E-state index in [0.717, 1.165) is 24.8 Å². The molecule has 0 aliphatic heterocycles. The number of amides is 1. The third-order valence-electron chi connectivity index (χ3n) is 4.93. The fraction of sp³-hybridized carbons (Fsp3) is 0.529. The lowest BCUT2D eigenvalue weighted by Gasteiger charge is -2.26. The number of carbonyl (C=O) groups excluding carboxylic acids is 1. The standard InChI is InChI=1S/C17H19Cl2NO3/c18-14-3-1-2-11(15(14)19)12-8-13(12)16(21)20-10-6-4-9(5-7-10)17(22)23/h1-3,9-10,12-13H,4-8H2,(H,20,21)(H,22,23)/t9?,10?,12-,13-/m0/s1. The van der Waals surface area contributed by atoms with Gasteiger partial charge in [-0.2, -0.15) is 0 Å². The van der Waals surface area contributed by atoms with Crippen LogP contribution in [0.1, 0.15) is 43.6 Å². The number of carbonyl (C=O) groups is 2. The molecule has 0 saturated heterocycles. The Labute approximate surface area is 145 Å². The molecule has 2 N–H and O–H groups in total. The quantitative estimate of drug-likeness (QED) is 0.861. The van der Waals surface area contributed by atoms with Crippen molar-refractivity contribution in [1.29, 1.82) is 0 Å². The fourth-order valence-corrected chi connectivity index (χ4v) is 3.88. The molecule has 0 spiro atoms. The van der Waals surface area contributed by atoms with Crippen LogP contribution in [0.3, 0.4) is 0 Å². The van der Waals surface area contributed by atoms with Crippen LogP contribution in [0.5, 0.6) is 0 Å². The van der Waals surface area contributed by atoms with Gasteiger partial charge in [0.2, 0.25) is 5.91 Å². The lowest BCUT2D eigenvalue weighted by Crippen LogP contribution is -2.39. The van der Waals surface area contributed by atoms with Crippen LogP contribution < -0.4 is 5.32 Å². The molecule has 2 aliphatic carbocycles. The van der Waals surface area contributed by atoms with Gasteiger partial charge >= 0.3 is 5.97 Å². The van der Waals surface area contributed by atoms with Crippen LogP contribution in [0.15, 0.2) is 18.2 Å². The average Bonchev–Trinajstić information content (AvgIpc) is 3.31. The maximum absolute atomic E-state index is 12.4.